The minimum atomic E-state index is 0.115. The summed E-state index contributed by atoms with van der Waals surface area (Å²) in [6.07, 6.45) is 28.6. The number of aryl methyl sites for hydroxylation is 10. The van der Waals surface area contributed by atoms with Crippen LogP contribution in [0.15, 0.2) is 360 Å². The second-order valence-electron chi connectivity index (χ2n) is 37.8. The molecule has 19 rings (SSSR count). The first-order valence-electron chi connectivity index (χ1n) is 48.6. The van der Waals surface area contributed by atoms with Crippen LogP contribution in [0, 0.1) is 69.2 Å². The molecule has 0 N–H and O–H groups in total. The largest absolute Gasteiger partial charge is 0.325 e. The molecule has 8 heterocycles. The Balaban J connectivity index is 0.000000130. The Morgan fingerprint density at radius 3 is 0.640 bits per heavy atom. The van der Waals surface area contributed by atoms with E-state index in [1.807, 2.05) is 18.6 Å². The van der Waals surface area contributed by atoms with Gasteiger partial charge in [0.25, 0.3) is 0 Å². The number of anilines is 10. The molecule has 0 amide bonds. The Bertz CT molecular complexity index is 6320. The first-order valence-corrected chi connectivity index (χ1v) is 48.6. The van der Waals surface area contributed by atoms with Crippen molar-refractivity contribution in [3.05, 3.63) is 438 Å². The van der Waals surface area contributed by atoms with Crippen molar-refractivity contribution in [3.63, 3.8) is 0 Å². The number of benzene rings is 11. The van der Waals surface area contributed by atoms with Crippen LogP contribution in [0.2, 0.25) is 0 Å². The van der Waals surface area contributed by atoms with E-state index in [1.165, 1.54) is 163 Å². The Labute approximate surface area is 811 Å². The van der Waals surface area contributed by atoms with Crippen molar-refractivity contribution < 1.29 is 0 Å². The zero-order valence-corrected chi connectivity index (χ0v) is 84.1. The molecule has 694 valence electrons. The molecule has 5 aliphatic rings. The molecule has 0 aliphatic carbocycles. The summed E-state index contributed by atoms with van der Waals surface area (Å²) in [7, 11) is 0. The summed E-state index contributed by atoms with van der Waals surface area (Å²) in [4.78, 5) is 37.2. The summed E-state index contributed by atoms with van der Waals surface area (Å²) in [6.45, 7) is 51.0. The van der Waals surface area contributed by atoms with Crippen molar-refractivity contribution >= 4 is 56.9 Å². The first-order chi connectivity index (χ1) is 65.6. The molecule has 13 heteroatoms. The highest BCUT2D eigenvalue weighted by Gasteiger charge is 2.36. The van der Waals surface area contributed by atoms with Gasteiger partial charge in [0, 0.05) is 131 Å². The Morgan fingerprint density at radius 1 is 0.184 bits per heavy atom. The van der Waals surface area contributed by atoms with E-state index >= 15 is 0 Å². The third-order valence-electron chi connectivity index (χ3n) is 27.3. The molecule has 13 nitrogen and oxygen atoms in total. The molecule has 0 fully saturated rings. The fourth-order valence-electron chi connectivity index (χ4n) is 20.1. The molecule has 0 spiro atoms. The average Bonchev–Trinajstić information content (AvgIpc) is 1.51. The molecule has 0 bridgehead atoms. The molecule has 0 saturated heterocycles. The van der Waals surface area contributed by atoms with Gasteiger partial charge < -0.3 is 49.0 Å². The van der Waals surface area contributed by atoms with E-state index in [4.69, 9.17) is 0 Å². The van der Waals surface area contributed by atoms with Gasteiger partial charge in [0.1, 0.15) is 30.8 Å². The van der Waals surface area contributed by atoms with E-state index in [9.17, 15) is 0 Å². The molecule has 5 aliphatic heterocycles. The van der Waals surface area contributed by atoms with E-state index in [2.05, 4.69) is 564 Å². The fourth-order valence-corrected chi connectivity index (χ4v) is 20.1. The van der Waals surface area contributed by atoms with Crippen molar-refractivity contribution in [1.82, 2.24) is 15.0 Å². The van der Waals surface area contributed by atoms with Crippen LogP contribution in [0.5, 0.6) is 0 Å². The molecule has 5 atom stereocenters. The number of aromatic nitrogens is 3. The lowest BCUT2D eigenvalue weighted by Gasteiger charge is -2.34. The van der Waals surface area contributed by atoms with E-state index in [1.54, 1.807) is 0 Å². The van der Waals surface area contributed by atoms with Gasteiger partial charge in [0.2, 0.25) is 0 Å². The Hall–Kier alpha value is -14.4. The highest BCUT2D eigenvalue weighted by Crippen LogP contribution is 2.49. The van der Waals surface area contributed by atoms with Gasteiger partial charge in [0.15, 0.2) is 0 Å². The molecule has 11 aromatic carbocycles. The van der Waals surface area contributed by atoms with E-state index in [-0.39, 0.29) is 30.8 Å². The standard InChI is InChI=1S/C29H27N3.C29H26N2.C23H31N3.C23H30N2.C19H23N3/c1-21-17-18-30-22(2)28(21)31-19-20-32(23(31)3)29-26(24-11-6-4-7-12-24)15-10-16-27(29)25-13-8-5-9-14-25;1-22-12-9-10-19-28(22)30-20-21-31(23(30)2)29-26(24-13-5-3-6-14-24)17-11-18-27(29)25-15-7-4-8-16-25;1-15(2)20-9-8-10-21(16(3)4)23(20)26-14-13-25(19(26)7)22-17(5)11-12-24-18(22)6;1-16(2)20-11-9-12-21(17(3)4)23(20)25-15-14-24(19(25)6)22-13-8-7-10-18(22)5;1-13-7-6-8-14(2)18(13)21-11-12-22(17(21)5)19-15(3)9-10-20-16(19)4/h4-20,23H,1-3H3;3-21,23H,1-2H3;8-16,19H,1-7H3;7-17,19H,1-6H3;6-12,17H,1-5H3/t2*23-;2*19-;17-/m00001/s1. The second-order valence-corrected chi connectivity index (χ2v) is 37.8. The third kappa shape index (κ3) is 20.2. The van der Waals surface area contributed by atoms with Crippen LogP contribution in [-0.4, -0.2) is 45.8 Å². The molecule has 14 aromatic rings. The van der Waals surface area contributed by atoms with Crippen LogP contribution in [0.4, 0.5) is 56.9 Å². The Morgan fingerprint density at radius 2 is 0.382 bits per heavy atom. The molecule has 136 heavy (non-hydrogen) atoms. The zero-order chi connectivity index (χ0) is 96.3. The number of pyridine rings is 3. The smallest absolute Gasteiger partial charge is 0.107 e. The van der Waals surface area contributed by atoms with Crippen molar-refractivity contribution in [2.45, 2.75) is 214 Å². The highest BCUT2D eigenvalue weighted by atomic mass is 15.4. The van der Waals surface area contributed by atoms with Crippen LogP contribution in [0.25, 0.3) is 44.5 Å². The van der Waals surface area contributed by atoms with Gasteiger partial charge in [-0.15, -0.1) is 0 Å². The van der Waals surface area contributed by atoms with E-state index in [0.717, 1.165) is 17.1 Å². The monoisotopic (exact) mass is 1800 g/mol. The number of hydrogen-bond donors (Lipinski definition) is 0. The van der Waals surface area contributed by atoms with Crippen molar-refractivity contribution in [3.8, 4) is 44.5 Å². The molecule has 0 saturated carbocycles. The predicted molar refractivity (Wildman–Crippen MR) is 581 cm³/mol. The predicted octanol–water partition coefficient (Wildman–Crippen LogP) is 31.6. The maximum Gasteiger partial charge on any atom is 0.107 e. The quantitative estimate of drug-likeness (QED) is 0.0820. The van der Waals surface area contributed by atoms with Crippen LogP contribution in [-0.2, 0) is 0 Å². The molecule has 3 aromatic heterocycles. The van der Waals surface area contributed by atoms with E-state index < -0.39 is 0 Å². The fraction of sp³-hybridized carbons (Fsp3) is 0.260. The van der Waals surface area contributed by atoms with Crippen LogP contribution < -0.4 is 49.0 Å². The van der Waals surface area contributed by atoms with Crippen molar-refractivity contribution in [2.75, 3.05) is 49.0 Å². The zero-order valence-electron chi connectivity index (χ0n) is 84.1. The molecule has 0 radical (unpaired) electrons. The maximum absolute atomic E-state index is 4.55. The van der Waals surface area contributed by atoms with Gasteiger partial charge in [-0.05, 0) is 241 Å². The minimum absolute atomic E-state index is 0.115. The third-order valence-corrected chi connectivity index (χ3v) is 27.3. The van der Waals surface area contributed by atoms with Crippen molar-refractivity contribution in [1.29, 1.82) is 0 Å². The summed E-state index contributed by atoms with van der Waals surface area (Å²) in [5.74, 6) is 1.98. The topological polar surface area (TPSA) is 71.1 Å². The molecular weight excluding hydrogens is 1660 g/mol. The molecule has 0 unspecified atom stereocenters. The SMILES string of the molecule is Cc1cccc(C)c1N1C=CN(c2c(C)ccnc2C)[C@@H]1C.Cc1ccccc1N1C=CN(c2c(-c3ccccc3)cccc2-c2ccccc2)[C@H]1C.Cc1ccccc1N1C=CN(c2c(C(C)C)cccc2C(C)C)[C@H]1C.Cc1ccnc(C)c1N1C=CN(c2c(-c3ccccc3)cccc2-c2ccccc2)[C@H]1C.Cc1ccnc(C)c1N1C=CN(c2c(C(C)C)cccc2C(C)C)[C@H]1C. The lowest BCUT2D eigenvalue weighted by molar-refractivity contribution is 0.724. The second kappa shape index (κ2) is 42.9. The minimum Gasteiger partial charge on any atom is -0.325 e. The summed E-state index contributed by atoms with van der Waals surface area (Å²) in [5.41, 5.74) is 40.2. The van der Waals surface area contributed by atoms with Crippen LogP contribution in [0.3, 0.4) is 0 Å². The lowest BCUT2D eigenvalue weighted by atomic mass is 9.92. The first kappa shape index (κ1) is 96.2. The van der Waals surface area contributed by atoms with Gasteiger partial charge in [-0.3, -0.25) is 15.0 Å². The normalized spacial score (nSPS) is 16.4. The average molecular weight is 1800 g/mol. The number of hydrogen-bond acceptors (Lipinski definition) is 13. The highest BCUT2D eigenvalue weighted by molar-refractivity contribution is 5.95. The number of para-hydroxylation sites is 7. The van der Waals surface area contributed by atoms with Gasteiger partial charge in [-0.2, -0.15) is 0 Å². The summed E-state index contributed by atoms with van der Waals surface area (Å²) >= 11 is 0. The molecular formula is C123H137N13. The van der Waals surface area contributed by atoms with Gasteiger partial charge in [-0.25, -0.2) is 0 Å². The van der Waals surface area contributed by atoms with Gasteiger partial charge in [-0.1, -0.05) is 304 Å². The Kier molecular flexibility index (Phi) is 30.3. The van der Waals surface area contributed by atoms with Crippen LogP contribution in [0.1, 0.15) is 192 Å². The lowest BCUT2D eigenvalue weighted by Crippen LogP contribution is -2.37. The summed E-state index contributed by atoms with van der Waals surface area (Å²) in [5, 5.41) is 0. The summed E-state index contributed by atoms with van der Waals surface area (Å²) in [6, 6.07) is 99.3. The number of rotatable bonds is 18. The summed E-state index contributed by atoms with van der Waals surface area (Å²) < 4.78 is 0. The number of nitrogens with zero attached hydrogens (tertiary/aromatic N) is 13. The van der Waals surface area contributed by atoms with Crippen molar-refractivity contribution in [2.24, 2.45) is 0 Å². The van der Waals surface area contributed by atoms with Crippen LogP contribution >= 0.6 is 0 Å². The van der Waals surface area contributed by atoms with E-state index in [0.29, 0.717) is 23.7 Å². The maximum atomic E-state index is 4.55. The van der Waals surface area contributed by atoms with Gasteiger partial charge in [0.05, 0.1) is 45.5 Å². The van der Waals surface area contributed by atoms with Gasteiger partial charge >= 0.3 is 0 Å².